The Kier molecular flexibility index (Phi) is 4.40. The van der Waals surface area contributed by atoms with Gasteiger partial charge >= 0.3 is 6.47 Å². The number of ether oxygens (including phenoxy) is 1. The topological polar surface area (TPSA) is 26.3 Å². The van der Waals surface area contributed by atoms with Gasteiger partial charge in [-0.15, -0.1) is 0 Å². The Morgan fingerprint density at radius 3 is 2.75 bits per heavy atom. The van der Waals surface area contributed by atoms with Gasteiger partial charge in [-0.25, -0.2) is 4.79 Å². The number of rotatable bonds is 5. The molecular weight excluding hydrogens is 171 g/mol. The van der Waals surface area contributed by atoms with Crippen LogP contribution in [-0.4, -0.2) is 19.2 Å². The lowest BCUT2D eigenvalue weighted by molar-refractivity contribution is 0.299. The summed E-state index contributed by atoms with van der Waals surface area (Å²) in [4.78, 5) is 9.67. The Morgan fingerprint density at radius 1 is 1.33 bits per heavy atom. The van der Waals surface area contributed by atoms with Gasteiger partial charge in [0.25, 0.3) is 0 Å². The van der Waals surface area contributed by atoms with E-state index < -0.39 is 0 Å². The molecule has 0 amide bonds. The number of hydrogen-bond donors (Lipinski definition) is 0. The van der Waals surface area contributed by atoms with Crippen LogP contribution in [0.2, 0.25) is 0 Å². The van der Waals surface area contributed by atoms with E-state index >= 15 is 0 Å². The second kappa shape index (κ2) is 5.73. The van der Waals surface area contributed by atoms with Gasteiger partial charge in [-0.3, -0.25) is 0 Å². The van der Waals surface area contributed by atoms with Gasteiger partial charge in [-0.1, -0.05) is 38.9 Å². The van der Waals surface area contributed by atoms with Crippen molar-refractivity contribution in [1.29, 1.82) is 0 Å². The third-order valence-corrected chi connectivity index (χ3v) is 2.56. The molecule has 63 valence electrons. The average molecular weight is 181 g/mol. The molecule has 2 nitrogen and oxygen atoms in total. The van der Waals surface area contributed by atoms with E-state index in [4.69, 9.17) is 0 Å². The molecule has 0 saturated carbocycles. The highest BCUT2D eigenvalue weighted by Crippen LogP contribution is 2.07. The van der Waals surface area contributed by atoms with E-state index in [1.807, 2.05) is 18.2 Å². The van der Waals surface area contributed by atoms with Crippen molar-refractivity contribution in [3.8, 4) is 0 Å². The van der Waals surface area contributed by atoms with Crippen LogP contribution in [0.5, 0.6) is 0 Å². The van der Waals surface area contributed by atoms with Gasteiger partial charge in [0.15, 0.2) is 0 Å². The average Bonchev–Trinajstić information content (AvgIpc) is 2.14. The van der Waals surface area contributed by atoms with Crippen molar-refractivity contribution in [1.82, 2.24) is 0 Å². The minimum atomic E-state index is 0.469. The van der Waals surface area contributed by atoms with Gasteiger partial charge < -0.3 is 4.74 Å². The minimum Gasteiger partial charge on any atom is -0.457 e. The first kappa shape index (κ1) is 9.21. The van der Waals surface area contributed by atoms with Crippen LogP contribution in [0.25, 0.3) is 0 Å². The van der Waals surface area contributed by atoms with Crippen LogP contribution >= 0.6 is 8.58 Å². The maximum absolute atomic E-state index is 9.67. The van der Waals surface area contributed by atoms with Crippen molar-refractivity contribution in [2.24, 2.45) is 0 Å². The van der Waals surface area contributed by atoms with Gasteiger partial charge in [0, 0.05) is 6.16 Å². The van der Waals surface area contributed by atoms with E-state index in [-0.39, 0.29) is 0 Å². The molecular formula is C9H10O2P. The lowest BCUT2D eigenvalue weighted by atomic mass is 10.4. The first-order valence-corrected chi connectivity index (χ1v) is 4.92. The van der Waals surface area contributed by atoms with Crippen molar-refractivity contribution in [2.45, 2.75) is 0 Å². The molecule has 0 aliphatic carbocycles. The highest BCUT2D eigenvalue weighted by molar-refractivity contribution is 7.47. The van der Waals surface area contributed by atoms with Gasteiger partial charge in [-0.2, -0.15) is 0 Å². The quantitative estimate of drug-likeness (QED) is 0.501. The van der Waals surface area contributed by atoms with E-state index in [9.17, 15) is 4.79 Å². The van der Waals surface area contributed by atoms with Crippen LogP contribution in [0.3, 0.4) is 0 Å². The molecule has 0 heterocycles. The molecule has 1 rings (SSSR count). The molecule has 1 aromatic carbocycles. The Balaban J connectivity index is 2.20. The summed E-state index contributed by atoms with van der Waals surface area (Å²) in [7, 11) is 0.710. The second-order valence-corrected chi connectivity index (χ2v) is 3.66. The van der Waals surface area contributed by atoms with Crippen LogP contribution in [0.1, 0.15) is 0 Å². The summed E-state index contributed by atoms with van der Waals surface area (Å²) in [6.07, 6.45) is 0.888. The van der Waals surface area contributed by atoms with Crippen molar-refractivity contribution < 1.29 is 9.53 Å². The maximum Gasteiger partial charge on any atom is 0.417 e. The molecule has 1 unspecified atom stereocenters. The Morgan fingerprint density at radius 2 is 2.08 bits per heavy atom. The Labute approximate surface area is 73.7 Å². The highest BCUT2D eigenvalue weighted by atomic mass is 31.1. The molecule has 3 heteroatoms. The zero-order chi connectivity index (χ0) is 8.65. The Bertz CT molecular complexity index is 223. The van der Waals surface area contributed by atoms with Gasteiger partial charge in [-0.05, 0) is 5.30 Å². The third-order valence-electron chi connectivity index (χ3n) is 1.37. The zero-order valence-corrected chi connectivity index (χ0v) is 7.62. The van der Waals surface area contributed by atoms with Gasteiger partial charge in [0.2, 0.25) is 0 Å². The van der Waals surface area contributed by atoms with Gasteiger partial charge in [0.05, 0.1) is 6.61 Å². The molecule has 0 aliphatic rings. The number of benzene rings is 1. The molecule has 0 fully saturated rings. The minimum absolute atomic E-state index is 0.469. The van der Waals surface area contributed by atoms with Gasteiger partial charge in [0.1, 0.15) is 0 Å². The summed E-state index contributed by atoms with van der Waals surface area (Å²) in [5.74, 6) is 0. The van der Waals surface area contributed by atoms with E-state index in [0.717, 1.165) is 6.16 Å². The Hall–Kier alpha value is -0.880. The van der Waals surface area contributed by atoms with E-state index in [2.05, 4.69) is 16.9 Å². The number of carbonyl (C=O) groups excluding carboxylic acids is 1. The first-order valence-electron chi connectivity index (χ1n) is 3.71. The second-order valence-electron chi connectivity index (χ2n) is 2.22. The standard InChI is InChI=1S/C9H10O2P/c10-8-11-6-7-12-9-4-2-1-3-5-9/h1-5,12H,6-7H2. The maximum atomic E-state index is 9.67. The molecule has 0 N–H and O–H groups in total. The summed E-state index contributed by atoms with van der Waals surface area (Å²) in [6, 6.07) is 10.2. The SMILES string of the molecule is O=[C]OCCPc1ccccc1. The van der Waals surface area contributed by atoms with Crippen molar-refractivity contribution >= 4 is 20.4 Å². The van der Waals surface area contributed by atoms with Crippen LogP contribution in [0.4, 0.5) is 0 Å². The molecule has 0 saturated heterocycles. The third kappa shape index (κ3) is 3.49. The summed E-state index contributed by atoms with van der Waals surface area (Å²) >= 11 is 0. The molecule has 1 atom stereocenters. The predicted octanol–water partition coefficient (Wildman–Crippen LogP) is 1.07. The van der Waals surface area contributed by atoms with Crippen molar-refractivity contribution in [3.05, 3.63) is 30.3 Å². The highest BCUT2D eigenvalue weighted by Gasteiger charge is 1.90. The lowest BCUT2D eigenvalue weighted by Gasteiger charge is -1.99. The largest absolute Gasteiger partial charge is 0.457 e. The summed E-state index contributed by atoms with van der Waals surface area (Å²) in [6.45, 7) is 1.88. The number of hydrogen-bond acceptors (Lipinski definition) is 2. The van der Waals surface area contributed by atoms with E-state index in [1.54, 1.807) is 0 Å². The summed E-state index contributed by atoms with van der Waals surface area (Å²) in [5, 5.41) is 1.30. The monoisotopic (exact) mass is 181 g/mol. The van der Waals surface area contributed by atoms with Crippen LogP contribution in [0, 0.1) is 0 Å². The van der Waals surface area contributed by atoms with Crippen LogP contribution < -0.4 is 5.30 Å². The molecule has 0 bridgehead atoms. The lowest BCUT2D eigenvalue weighted by Crippen LogP contribution is -1.99. The van der Waals surface area contributed by atoms with E-state index in [1.165, 1.54) is 11.8 Å². The van der Waals surface area contributed by atoms with Crippen molar-refractivity contribution in [3.63, 3.8) is 0 Å². The smallest absolute Gasteiger partial charge is 0.417 e. The summed E-state index contributed by atoms with van der Waals surface area (Å²) in [5.41, 5.74) is 0. The predicted molar refractivity (Wildman–Crippen MR) is 50.9 cm³/mol. The normalized spacial score (nSPS) is 10.3. The fourth-order valence-electron chi connectivity index (χ4n) is 0.844. The first-order chi connectivity index (χ1) is 5.93. The molecule has 0 aliphatic heterocycles. The molecule has 1 radical (unpaired) electrons. The summed E-state index contributed by atoms with van der Waals surface area (Å²) < 4.78 is 4.46. The van der Waals surface area contributed by atoms with Crippen molar-refractivity contribution in [2.75, 3.05) is 12.8 Å². The molecule has 0 aromatic heterocycles. The van der Waals surface area contributed by atoms with Crippen LogP contribution in [0.15, 0.2) is 30.3 Å². The zero-order valence-electron chi connectivity index (χ0n) is 6.62. The van der Waals surface area contributed by atoms with Crippen LogP contribution in [-0.2, 0) is 9.53 Å². The molecule has 0 spiro atoms. The molecule has 12 heavy (non-hydrogen) atoms. The van der Waals surface area contributed by atoms with E-state index in [0.29, 0.717) is 15.2 Å². The fourth-order valence-corrected chi connectivity index (χ4v) is 1.77. The fraction of sp³-hybridized carbons (Fsp3) is 0.222. The molecule has 1 aromatic rings.